The van der Waals surface area contributed by atoms with Crippen molar-refractivity contribution in [3.05, 3.63) is 59.4 Å². The topological polar surface area (TPSA) is 65.2 Å². The Labute approximate surface area is 168 Å². The van der Waals surface area contributed by atoms with Gasteiger partial charge in [0.1, 0.15) is 11.9 Å². The molecule has 150 valence electrons. The number of fused-ring (bicyclic) bond motifs is 1. The third-order valence-electron chi connectivity index (χ3n) is 5.69. The zero-order chi connectivity index (χ0) is 20.5. The van der Waals surface area contributed by atoms with E-state index in [1.807, 2.05) is 31.2 Å². The minimum Gasteiger partial charge on any atom is -0.354 e. The second-order valence-electron chi connectivity index (χ2n) is 7.57. The Hall–Kier alpha value is -3.15. The molecule has 1 atom stereocenters. The molecule has 0 spiro atoms. The molecular weight excluding hydrogens is 369 g/mol. The highest BCUT2D eigenvalue weighted by atomic mass is 19.1. The van der Waals surface area contributed by atoms with Gasteiger partial charge in [0.2, 0.25) is 11.8 Å². The first kappa shape index (κ1) is 19.2. The highest BCUT2D eigenvalue weighted by Gasteiger charge is 2.29. The average Bonchev–Trinajstić information content (AvgIpc) is 3.29. The van der Waals surface area contributed by atoms with Crippen molar-refractivity contribution in [1.82, 2.24) is 15.2 Å². The van der Waals surface area contributed by atoms with Crippen molar-refractivity contribution in [3.8, 4) is 11.3 Å². The van der Waals surface area contributed by atoms with Gasteiger partial charge in [-0.15, -0.1) is 0 Å². The highest BCUT2D eigenvalue weighted by molar-refractivity contribution is 5.91. The molecule has 4 rings (SSSR count). The van der Waals surface area contributed by atoms with Crippen molar-refractivity contribution in [3.63, 3.8) is 0 Å². The molecule has 6 heteroatoms. The number of nitrogens with one attached hydrogen (secondary N) is 2. The molecule has 0 radical (unpaired) electrons. The molecule has 1 aliphatic heterocycles. The number of aryl methyl sites for hydroxylation is 1. The summed E-state index contributed by atoms with van der Waals surface area (Å²) in [6.45, 7) is 4.74. The predicted octanol–water partition coefficient (Wildman–Crippen LogP) is 3.91. The summed E-state index contributed by atoms with van der Waals surface area (Å²) < 4.78 is 14.2. The fraction of sp³-hybridized carbons (Fsp3) is 0.304. The van der Waals surface area contributed by atoms with Gasteiger partial charge in [0.25, 0.3) is 0 Å². The van der Waals surface area contributed by atoms with Crippen LogP contribution in [0.2, 0.25) is 0 Å². The van der Waals surface area contributed by atoms with E-state index < -0.39 is 6.04 Å². The van der Waals surface area contributed by atoms with E-state index in [-0.39, 0.29) is 17.6 Å². The van der Waals surface area contributed by atoms with Crippen LogP contribution < -0.4 is 5.32 Å². The van der Waals surface area contributed by atoms with Crippen LogP contribution in [0.25, 0.3) is 22.2 Å². The summed E-state index contributed by atoms with van der Waals surface area (Å²) in [5.74, 6) is -0.379. The van der Waals surface area contributed by atoms with E-state index in [0.29, 0.717) is 25.1 Å². The maximum atomic E-state index is 14.2. The van der Waals surface area contributed by atoms with Crippen molar-refractivity contribution in [2.75, 3.05) is 6.54 Å². The molecule has 0 aliphatic carbocycles. The molecular formula is C23H24FN3O2. The monoisotopic (exact) mass is 393 g/mol. The maximum absolute atomic E-state index is 14.2. The molecule has 2 N–H and O–H groups in total. The van der Waals surface area contributed by atoms with Crippen LogP contribution in [0.4, 0.5) is 4.39 Å². The standard InChI is InChI=1S/C23H24FN3O2/c1-14-18-12-16(13-25-23(29)15(2)27-11-5-8-21(27)28)9-10-20(18)26-22(14)17-6-3-4-7-19(17)24/h3-4,6-7,9-10,12,15,26H,5,8,11,13H2,1-2H3,(H,25,29). The van der Waals surface area contributed by atoms with Gasteiger partial charge in [0.15, 0.2) is 0 Å². The minimum atomic E-state index is -0.463. The number of aromatic nitrogens is 1. The number of carbonyl (C=O) groups excluding carboxylic acids is 2. The van der Waals surface area contributed by atoms with E-state index in [1.54, 1.807) is 24.0 Å². The Bertz CT molecular complexity index is 1090. The molecule has 29 heavy (non-hydrogen) atoms. The van der Waals surface area contributed by atoms with Gasteiger partial charge in [-0.25, -0.2) is 4.39 Å². The van der Waals surface area contributed by atoms with Crippen molar-refractivity contribution in [1.29, 1.82) is 0 Å². The van der Waals surface area contributed by atoms with Crippen molar-refractivity contribution in [2.24, 2.45) is 0 Å². The first-order valence-electron chi connectivity index (χ1n) is 9.89. The van der Waals surface area contributed by atoms with Crippen molar-refractivity contribution < 1.29 is 14.0 Å². The Kier molecular flexibility index (Phi) is 5.09. The Morgan fingerprint density at radius 1 is 1.28 bits per heavy atom. The highest BCUT2D eigenvalue weighted by Crippen LogP contribution is 2.31. The van der Waals surface area contributed by atoms with Crippen LogP contribution in [0.1, 0.15) is 30.9 Å². The fourth-order valence-corrected chi connectivity index (χ4v) is 3.97. The van der Waals surface area contributed by atoms with Gasteiger partial charge in [-0.1, -0.05) is 18.2 Å². The first-order valence-corrected chi connectivity index (χ1v) is 9.89. The lowest BCUT2D eigenvalue weighted by atomic mass is 10.0. The number of hydrogen-bond donors (Lipinski definition) is 2. The molecule has 1 unspecified atom stereocenters. The van der Waals surface area contributed by atoms with E-state index in [0.717, 1.165) is 34.1 Å². The van der Waals surface area contributed by atoms with E-state index >= 15 is 0 Å². The summed E-state index contributed by atoms with van der Waals surface area (Å²) in [7, 11) is 0. The molecule has 0 bridgehead atoms. The average molecular weight is 393 g/mol. The number of nitrogens with zero attached hydrogens (tertiary/aromatic N) is 1. The Balaban J connectivity index is 1.52. The minimum absolute atomic E-state index is 0.0395. The van der Waals surface area contributed by atoms with Gasteiger partial charge in [0.05, 0.1) is 5.69 Å². The zero-order valence-electron chi connectivity index (χ0n) is 16.6. The Morgan fingerprint density at radius 3 is 2.79 bits per heavy atom. The number of amides is 2. The molecule has 1 aromatic heterocycles. The van der Waals surface area contributed by atoms with E-state index in [1.165, 1.54) is 6.07 Å². The lowest BCUT2D eigenvalue weighted by molar-refractivity contribution is -0.136. The number of halogens is 1. The zero-order valence-corrected chi connectivity index (χ0v) is 16.6. The second kappa shape index (κ2) is 7.70. The normalized spacial score (nSPS) is 15.1. The molecule has 1 aliphatic rings. The van der Waals surface area contributed by atoms with Crippen LogP contribution in [0.15, 0.2) is 42.5 Å². The molecule has 1 saturated heterocycles. The summed E-state index contributed by atoms with van der Waals surface area (Å²) in [4.78, 5) is 29.2. The fourth-order valence-electron chi connectivity index (χ4n) is 3.97. The number of carbonyl (C=O) groups is 2. The summed E-state index contributed by atoms with van der Waals surface area (Å²) in [5.41, 5.74) is 4.15. The molecule has 1 fully saturated rings. The molecule has 5 nitrogen and oxygen atoms in total. The van der Waals surface area contributed by atoms with Crippen LogP contribution in [0.5, 0.6) is 0 Å². The number of hydrogen-bond acceptors (Lipinski definition) is 2. The van der Waals surface area contributed by atoms with Gasteiger partial charge >= 0.3 is 0 Å². The number of rotatable bonds is 5. The maximum Gasteiger partial charge on any atom is 0.242 e. The number of likely N-dealkylation sites (tertiary alicyclic amines) is 1. The predicted molar refractivity (Wildman–Crippen MR) is 111 cm³/mol. The third-order valence-corrected chi connectivity index (χ3v) is 5.69. The van der Waals surface area contributed by atoms with Crippen molar-refractivity contribution in [2.45, 2.75) is 39.3 Å². The summed E-state index contributed by atoms with van der Waals surface area (Å²) >= 11 is 0. The summed E-state index contributed by atoms with van der Waals surface area (Å²) in [5, 5.41) is 3.92. The van der Waals surface area contributed by atoms with Crippen LogP contribution in [-0.4, -0.2) is 34.3 Å². The third kappa shape index (κ3) is 3.62. The quantitative estimate of drug-likeness (QED) is 0.690. The lowest BCUT2D eigenvalue weighted by Gasteiger charge is -2.23. The van der Waals surface area contributed by atoms with E-state index in [2.05, 4.69) is 10.3 Å². The van der Waals surface area contributed by atoms with Crippen LogP contribution in [-0.2, 0) is 16.1 Å². The van der Waals surface area contributed by atoms with Gasteiger partial charge in [-0.05, 0) is 55.7 Å². The smallest absolute Gasteiger partial charge is 0.242 e. The first-order chi connectivity index (χ1) is 14.0. The largest absolute Gasteiger partial charge is 0.354 e. The van der Waals surface area contributed by atoms with Gasteiger partial charge in [-0.3, -0.25) is 9.59 Å². The molecule has 2 aromatic carbocycles. The summed E-state index contributed by atoms with van der Waals surface area (Å²) in [6.07, 6.45) is 1.33. The van der Waals surface area contributed by atoms with Crippen LogP contribution in [0, 0.1) is 12.7 Å². The van der Waals surface area contributed by atoms with Crippen LogP contribution in [0.3, 0.4) is 0 Å². The van der Waals surface area contributed by atoms with Gasteiger partial charge < -0.3 is 15.2 Å². The Morgan fingerprint density at radius 2 is 2.07 bits per heavy atom. The van der Waals surface area contributed by atoms with Gasteiger partial charge in [-0.2, -0.15) is 0 Å². The number of benzene rings is 2. The number of H-pyrrole nitrogens is 1. The lowest BCUT2D eigenvalue weighted by Crippen LogP contribution is -2.45. The van der Waals surface area contributed by atoms with E-state index in [9.17, 15) is 14.0 Å². The molecule has 2 heterocycles. The molecule has 3 aromatic rings. The SMILES string of the molecule is Cc1c(-c2ccccc2F)[nH]c2ccc(CNC(=O)C(C)N3CCCC3=O)cc12. The van der Waals surface area contributed by atoms with Gasteiger partial charge in [0, 0.05) is 36.0 Å². The number of aromatic amines is 1. The van der Waals surface area contributed by atoms with Crippen LogP contribution >= 0.6 is 0 Å². The van der Waals surface area contributed by atoms with Crippen molar-refractivity contribution >= 4 is 22.7 Å². The molecule has 0 saturated carbocycles. The summed E-state index contributed by atoms with van der Waals surface area (Å²) in [6, 6.07) is 12.1. The molecule has 2 amide bonds. The van der Waals surface area contributed by atoms with E-state index in [4.69, 9.17) is 0 Å². The second-order valence-corrected chi connectivity index (χ2v) is 7.57.